The van der Waals surface area contributed by atoms with Gasteiger partial charge in [-0.3, -0.25) is 9.59 Å². The summed E-state index contributed by atoms with van der Waals surface area (Å²) in [6, 6.07) is 13.3. The molecule has 0 saturated heterocycles. The second kappa shape index (κ2) is 6.89. The lowest BCUT2D eigenvalue weighted by atomic mass is 10.1. The number of carbonyl (C=O) groups excluding carboxylic acids is 2. The Morgan fingerprint density at radius 2 is 1.68 bits per heavy atom. The van der Waals surface area contributed by atoms with E-state index in [0.29, 0.717) is 5.69 Å². The summed E-state index contributed by atoms with van der Waals surface area (Å²) in [5.74, 6) is -0.254. The molecule has 0 aromatic heterocycles. The van der Waals surface area contributed by atoms with Gasteiger partial charge in [0.1, 0.15) is 0 Å². The quantitative estimate of drug-likeness (QED) is 0.908. The highest BCUT2D eigenvalue weighted by Crippen LogP contribution is 2.19. The van der Waals surface area contributed by atoms with E-state index in [1.165, 1.54) is 6.92 Å². The van der Waals surface area contributed by atoms with Crippen LogP contribution in [0.2, 0.25) is 0 Å². The van der Waals surface area contributed by atoms with Gasteiger partial charge in [0.2, 0.25) is 11.8 Å². The highest BCUT2D eigenvalue weighted by atomic mass is 16.2. The van der Waals surface area contributed by atoms with Crippen LogP contribution in [0, 0.1) is 13.8 Å². The Morgan fingerprint density at radius 1 is 0.955 bits per heavy atom. The number of benzene rings is 2. The van der Waals surface area contributed by atoms with Crippen molar-refractivity contribution in [3.63, 3.8) is 0 Å². The molecule has 0 fully saturated rings. The van der Waals surface area contributed by atoms with Gasteiger partial charge in [-0.15, -0.1) is 0 Å². The van der Waals surface area contributed by atoms with Crippen LogP contribution in [0.15, 0.2) is 42.5 Å². The zero-order valence-corrected chi connectivity index (χ0v) is 13.1. The summed E-state index contributed by atoms with van der Waals surface area (Å²) in [7, 11) is 0. The SMILES string of the molecule is CC(=O)Nc1ccc(C)cc1CC(=O)Nc1ccccc1C. The average molecular weight is 296 g/mol. The van der Waals surface area contributed by atoms with E-state index in [2.05, 4.69) is 10.6 Å². The molecule has 0 aliphatic heterocycles. The van der Waals surface area contributed by atoms with E-state index in [4.69, 9.17) is 0 Å². The maximum atomic E-state index is 12.3. The van der Waals surface area contributed by atoms with Crippen LogP contribution in [0.1, 0.15) is 23.6 Å². The minimum atomic E-state index is -0.149. The predicted molar refractivity (Wildman–Crippen MR) is 89.0 cm³/mol. The number of carbonyl (C=O) groups is 2. The average Bonchev–Trinajstić information content (AvgIpc) is 2.44. The van der Waals surface area contributed by atoms with Crippen molar-refractivity contribution >= 4 is 23.2 Å². The van der Waals surface area contributed by atoms with Gasteiger partial charge in [-0.05, 0) is 37.1 Å². The summed E-state index contributed by atoms with van der Waals surface area (Å²) >= 11 is 0. The topological polar surface area (TPSA) is 58.2 Å². The summed E-state index contributed by atoms with van der Waals surface area (Å²) in [5, 5.41) is 5.67. The molecule has 0 aliphatic carbocycles. The van der Waals surface area contributed by atoms with Crippen LogP contribution in [-0.4, -0.2) is 11.8 Å². The number of rotatable bonds is 4. The molecule has 2 aromatic rings. The van der Waals surface area contributed by atoms with Crippen molar-refractivity contribution in [1.29, 1.82) is 0 Å². The molecule has 2 N–H and O–H groups in total. The molecule has 22 heavy (non-hydrogen) atoms. The molecule has 0 spiro atoms. The molecular weight excluding hydrogens is 276 g/mol. The van der Waals surface area contributed by atoms with Crippen LogP contribution < -0.4 is 10.6 Å². The van der Waals surface area contributed by atoms with Crippen LogP contribution in [0.25, 0.3) is 0 Å². The molecule has 0 bridgehead atoms. The van der Waals surface area contributed by atoms with Crippen molar-refractivity contribution in [1.82, 2.24) is 0 Å². The van der Waals surface area contributed by atoms with Crippen LogP contribution >= 0.6 is 0 Å². The van der Waals surface area contributed by atoms with Gasteiger partial charge in [0, 0.05) is 18.3 Å². The van der Waals surface area contributed by atoms with Crippen LogP contribution in [-0.2, 0) is 16.0 Å². The number of amides is 2. The molecule has 0 heterocycles. The van der Waals surface area contributed by atoms with E-state index in [0.717, 1.165) is 22.4 Å². The summed E-state index contributed by atoms with van der Waals surface area (Å²) < 4.78 is 0. The highest BCUT2D eigenvalue weighted by Gasteiger charge is 2.10. The lowest BCUT2D eigenvalue weighted by Gasteiger charge is -2.12. The predicted octanol–water partition coefficient (Wildman–Crippen LogP) is 3.44. The van der Waals surface area contributed by atoms with Crippen LogP contribution in [0.3, 0.4) is 0 Å². The first-order chi connectivity index (χ1) is 10.5. The fourth-order valence-corrected chi connectivity index (χ4v) is 2.26. The molecule has 2 aromatic carbocycles. The first-order valence-electron chi connectivity index (χ1n) is 7.18. The smallest absolute Gasteiger partial charge is 0.228 e. The second-order valence-corrected chi connectivity index (χ2v) is 5.38. The Hall–Kier alpha value is -2.62. The Morgan fingerprint density at radius 3 is 2.36 bits per heavy atom. The maximum Gasteiger partial charge on any atom is 0.228 e. The molecular formula is C18H20N2O2. The molecule has 0 atom stereocenters. The molecule has 2 rings (SSSR count). The summed E-state index contributed by atoms with van der Waals surface area (Å²) in [5.41, 5.74) is 4.36. The summed E-state index contributed by atoms with van der Waals surface area (Å²) in [4.78, 5) is 23.5. The largest absolute Gasteiger partial charge is 0.326 e. The Kier molecular flexibility index (Phi) is 4.94. The van der Waals surface area contributed by atoms with Crippen molar-refractivity contribution < 1.29 is 9.59 Å². The summed E-state index contributed by atoms with van der Waals surface area (Å²) in [6.07, 6.45) is 0.214. The number of hydrogen-bond donors (Lipinski definition) is 2. The minimum Gasteiger partial charge on any atom is -0.326 e. The fourth-order valence-electron chi connectivity index (χ4n) is 2.26. The Labute approximate surface area is 130 Å². The molecule has 0 saturated carbocycles. The molecule has 0 radical (unpaired) electrons. The van der Waals surface area contributed by atoms with Gasteiger partial charge < -0.3 is 10.6 Å². The van der Waals surface area contributed by atoms with Gasteiger partial charge in [0.25, 0.3) is 0 Å². The van der Waals surface area contributed by atoms with Crippen molar-refractivity contribution in [3.8, 4) is 0 Å². The standard InChI is InChI=1S/C18H20N2O2/c1-12-8-9-17(19-14(3)21)15(10-12)11-18(22)20-16-7-5-4-6-13(16)2/h4-10H,11H2,1-3H3,(H,19,21)(H,20,22). The third kappa shape index (κ3) is 4.19. The fraction of sp³-hybridized carbons (Fsp3) is 0.222. The first-order valence-corrected chi connectivity index (χ1v) is 7.18. The minimum absolute atomic E-state index is 0.105. The molecule has 4 nitrogen and oxygen atoms in total. The van der Waals surface area contributed by atoms with Gasteiger partial charge in [0.05, 0.1) is 6.42 Å². The molecule has 0 unspecified atom stereocenters. The van der Waals surface area contributed by atoms with Gasteiger partial charge in [-0.2, -0.15) is 0 Å². The van der Waals surface area contributed by atoms with Crippen molar-refractivity contribution in [3.05, 3.63) is 59.2 Å². The Bertz CT molecular complexity index is 708. The zero-order valence-electron chi connectivity index (χ0n) is 13.1. The molecule has 0 aliphatic rings. The number of para-hydroxylation sites is 1. The zero-order chi connectivity index (χ0) is 16.1. The van der Waals surface area contributed by atoms with E-state index in [1.54, 1.807) is 0 Å². The number of hydrogen-bond acceptors (Lipinski definition) is 2. The van der Waals surface area contributed by atoms with Gasteiger partial charge in [-0.1, -0.05) is 35.9 Å². The number of anilines is 2. The highest BCUT2D eigenvalue weighted by molar-refractivity contribution is 5.95. The van der Waals surface area contributed by atoms with E-state index < -0.39 is 0 Å². The van der Waals surface area contributed by atoms with Crippen molar-refractivity contribution in [2.75, 3.05) is 10.6 Å². The Balaban J connectivity index is 2.16. The first kappa shape index (κ1) is 15.8. The van der Waals surface area contributed by atoms with E-state index in [9.17, 15) is 9.59 Å². The third-order valence-electron chi connectivity index (χ3n) is 3.34. The van der Waals surface area contributed by atoms with E-state index in [-0.39, 0.29) is 18.2 Å². The molecule has 114 valence electrons. The maximum absolute atomic E-state index is 12.3. The molecule has 2 amide bonds. The van der Waals surface area contributed by atoms with E-state index >= 15 is 0 Å². The lowest BCUT2D eigenvalue weighted by molar-refractivity contribution is -0.116. The van der Waals surface area contributed by atoms with Crippen molar-refractivity contribution in [2.45, 2.75) is 27.2 Å². The van der Waals surface area contributed by atoms with E-state index in [1.807, 2.05) is 56.3 Å². The number of aryl methyl sites for hydroxylation is 2. The monoisotopic (exact) mass is 296 g/mol. The van der Waals surface area contributed by atoms with Gasteiger partial charge in [-0.25, -0.2) is 0 Å². The van der Waals surface area contributed by atoms with Crippen LogP contribution in [0.5, 0.6) is 0 Å². The van der Waals surface area contributed by atoms with Gasteiger partial charge in [0.15, 0.2) is 0 Å². The van der Waals surface area contributed by atoms with Crippen LogP contribution in [0.4, 0.5) is 11.4 Å². The second-order valence-electron chi connectivity index (χ2n) is 5.38. The van der Waals surface area contributed by atoms with Gasteiger partial charge >= 0.3 is 0 Å². The lowest BCUT2D eigenvalue weighted by Crippen LogP contribution is -2.17. The number of nitrogens with one attached hydrogen (secondary N) is 2. The summed E-state index contributed by atoms with van der Waals surface area (Å²) in [6.45, 7) is 5.36. The molecule has 4 heteroatoms. The van der Waals surface area contributed by atoms with Crippen molar-refractivity contribution in [2.24, 2.45) is 0 Å². The normalized spacial score (nSPS) is 10.1. The third-order valence-corrected chi connectivity index (χ3v) is 3.34.